The van der Waals surface area contributed by atoms with Gasteiger partial charge in [-0.2, -0.15) is 0 Å². The minimum atomic E-state index is -0.338. The molecule has 1 aliphatic rings. The summed E-state index contributed by atoms with van der Waals surface area (Å²) in [7, 11) is 1.60. The first-order chi connectivity index (χ1) is 11.6. The number of carbonyl (C=O) groups excluding carboxylic acids is 1. The topological polar surface area (TPSA) is 79.4 Å². The molecule has 1 fully saturated rings. The summed E-state index contributed by atoms with van der Waals surface area (Å²) in [4.78, 5) is 14.3. The van der Waals surface area contributed by atoms with Crippen LogP contribution in [0.15, 0.2) is 24.3 Å². The van der Waals surface area contributed by atoms with Gasteiger partial charge in [-0.3, -0.25) is 5.32 Å². The van der Waals surface area contributed by atoms with E-state index in [4.69, 9.17) is 4.74 Å². The van der Waals surface area contributed by atoms with Crippen molar-refractivity contribution in [1.82, 2.24) is 10.2 Å². The molecular formula is C16H21N5O2S. The van der Waals surface area contributed by atoms with E-state index < -0.39 is 0 Å². The highest BCUT2D eigenvalue weighted by molar-refractivity contribution is 7.19. The summed E-state index contributed by atoms with van der Waals surface area (Å²) in [6.07, 6.45) is 2.42. The Hall–Kier alpha value is -2.35. The number of benzene rings is 1. The molecule has 1 aliphatic heterocycles. The lowest BCUT2D eigenvalue weighted by Gasteiger charge is -2.29. The van der Waals surface area contributed by atoms with Crippen LogP contribution in [0.25, 0.3) is 0 Å². The molecule has 2 aromatic rings. The smallest absolute Gasteiger partial charge is 0.325 e. The summed E-state index contributed by atoms with van der Waals surface area (Å²) in [6, 6.07) is 6.79. The second-order valence-corrected chi connectivity index (χ2v) is 6.85. The molecule has 0 bridgehead atoms. The van der Waals surface area contributed by atoms with Crippen molar-refractivity contribution in [3.8, 4) is 5.75 Å². The second-order valence-electron chi connectivity index (χ2n) is 5.89. The molecule has 1 aromatic carbocycles. The number of aromatic nitrogens is 2. The lowest BCUT2D eigenvalue weighted by atomic mass is 10.0. The Kier molecular flexibility index (Phi) is 5.14. The van der Waals surface area contributed by atoms with Gasteiger partial charge in [0.2, 0.25) is 10.3 Å². The van der Waals surface area contributed by atoms with E-state index >= 15 is 0 Å². The van der Waals surface area contributed by atoms with E-state index in [1.165, 1.54) is 24.2 Å². The Morgan fingerprint density at radius 3 is 2.79 bits per heavy atom. The molecule has 0 aliphatic carbocycles. The van der Waals surface area contributed by atoms with Crippen LogP contribution in [-0.4, -0.2) is 36.4 Å². The Morgan fingerprint density at radius 1 is 1.29 bits per heavy atom. The molecule has 1 saturated heterocycles. The van der Waals surface area contributed by atoms with Crippen molar-refractivity contribution >= 4 is 33.3 Å². The third-order valence-corrected chi connectivity index (χ3v) is 4.81. The van der Waals surface area contributed by atoms with Crippen LogP contribution < -0.4 is 20.3 Å². The highest BCUT2D eigenvalue weighted by Crippen LogP contribution is 2.28. The van der Waals surface area contributed by atoms with Crippen LogP contribution in [-0.2, 0) is 0 Å². The summed E-state index contributed by atoms with van der Waals surface area (Å²) in [5.41, 5.74) is 0.683. The van der Waals surface area contributed by atoms with Gasteiger partial charge in [-0.05, 0) is 43.0 Å². The van der Waals surface area contributed by atoms with Crippen molar-refractivity contribution in [2.45, 2.75) is 19.8 Å². The molecule has 0 radical (unpaired) electrons. The van der Waals surface area contributed by atoms with Crippen molar-refractivity contribution in [2.24, 2.45) is 5.92 Å². The fourth-order valence-corrected chi connectivity index (χ4v) is 3.47. The normalized spacial score (nSPS) is 17.4. The van der Waals surface area contributed by atoms with E-state index in [9.17, 15) is 4.79 Å². The largest absolute Gasteiger partial charge is 0.497 e. The lowest BCUT2D eigenvalue weighted by molar-refractivity contribution is 0.262. The molecule has 128 valence electrons. The maximum atomic E-state index is 12.0. The minimum Gasteiger partial charge on any atom is -0.497 e. The lowest BCUT2D eigenvalue weighted by Crippen LogP contribution is -2.34. The predicted molar refractivity (Wildman–Crippen MR) is 96.2 cm³/mol. The van der Waals surface area contributed by atoms with Crippen LogP contribution in [0, 0.1) is 5.92 Å². The Morgan fingerprint density at radius 2 is 2.08 bits per heavy atom. The van der Waals surface area contributed by atoms with Crippen molar-refractivity contribution in [2.75, 3.05) is 35.7 Å². The molecule has 0 spiro atoms. The molecule has 2 amide bonds. The molecular weight excluding hydrogens is 326 g/mol. The average Bonchev–Trinajstić information content (AvgIpc) is 3.04. The first-order valence-electron chi connectivity index (χ1n) is 7.94. The molecule has 1 aromatic heterocycles. The third-order valence-electron chi connectivity index (χ3n) is 3.91. The number of hydrogen-bond acceptors (Lipinski definition) is 6. The van der Waals surface area contributed by atoms with E-state index in [2.05, 4.69) is 32.7 Å². The van der Waals surface area contributed by atoms with Crippen molar-refractivity contribution in [3.05, 3.63) is 24.3 Å². The van der Waals surface area contributed by atoms with Gasteiger partial charge >= 0.3 is 6.03 Å². The molecule has 0 saturated carbocycles. The molecule has 8 heteroatoms. The first-order valence-corrected chi connectivity index (χ1v) is 8.76. The van der Waals surface area contributed by atoms with Gasteiger partial charge in [0.1, 0.15) is 5.75 Å². The number of carbonyl (C=O) groups is 1. The van der Waals surface area contributed by atoms with Crippen LogP contribution in [0.2, 0.25) is 0 Å². The standard InChI is InChI=1S/C16H21N5O2S/c1-11-4-3-9-21(10-11)16-20-19-15(24-16)18-14(22)17-12-5-7-13(23-2)8-6-12/h5-8,11H,3-4,9-10H2,1-2H3,(H2,17,18,19,22)/t11-/m1/s1. The summed E-state index contributed by atoms with van der Waals surface area (Å²) in [6.45, 7) is 4.23. The van der Waals surface area contributed by atoms with Crippen molar-refractivity contribution < 1.29 is 9.53 Å². The van der Waals surface area contributed by atoms with Gasteiger partial charge in [0, 0.05) is 18.8 Å². The van der Waals surface area contributed by atoms with Gasteiger partial charge < -0.3 is 15.0 Å². The SMILES string of the molecule is COc1ccc(NC(=O)Nc2nnc(N3CCC[C@@H](C)C3)s2)cc1. The van der Waals surface area contributed by atoms with Gasteiger partial charge in [-0.25, -0.2) is 4.79 Å². The number of hydrogen-bond donors (Lipinski definition) is 2. The number of amides is 2. The fraction of sp³-hybridized carbons (Fsp3) is 0.438. The van der Waals surface area contributed by atoms with Crippen molar-refractivity contribution in [1.29, 1.82) is 0 Å². The number of ether oxygens (including phenoxy) is 1. The Labute approximate surface area is 145 Å². The van der Waals surface area contributed by atoms with E-state index in [1.54, 1.807) is 31.4 Å². The van der Waals surface area contributed by atoms with Crippen LogP contribution in [0.5, 0.6) is 5.75 Å². The summed E-state index contributed by atoms with van der Waals surface area (Å²) >= 11 is 1.40. The summed E-state index contributed by atoms with van der Waals surface area (Å²) < 4.78 is 5.09. The Balaban J connectivity index is 1.56. The maximum Gasteiger partial charge on any atom is 0.325 e. The minimum absolute atomic E-state index is 0.338. The van der Waals surface area contributed by atoms with Crippen molar-refractivity contribution in [3.63, 3.8) is 0 Å². The highest BCUT2D eigenvalue weighted by atomic mass is 32.1. The second kappa shape index (κ2) is 7.48. The maximum absolute atomic E-state index is 12.0. The van der Waals surface area contributed by atoms with E-state index in [-0.39, 0.29) is 6.03 Å². The average molecular weight is 347 g/mol. The van der Waals surface area contributed by atoms with Crippen LogP contribution >= 0.6 is 11.3 Å². The number of methoxy groups -OCH3 is 1. The van der Waals surface area contributed by atoms with Gasteiger partial charge in [0.25, 0.3) is 0 Å². The van der Waals surface area contributed by atoms with E-state index in [1.807, 2.05) is 0 Å². The molecule has 3 rings (SSSR count). The van der Waals surface area contributed by atoms with Crippen LogP contribution in [0.3, 0.4) is 0 Å². The predicted octanol–water partition coefficient (Wildman–Crippen LogP) is 3.43. The number of anilines is 3. The summed E-state index contributed by atoms with van der Waals surface area (Å²) in [5.74, 6) is 1.41. The molecule has 2 N–H and O–H groups in total. The Bertz CT molecular complexity index is 688. The first kappa shape index (κ1) is 16.5. The van der Waals surface area contributed by atoms with Gasteiger partial charge in [-0.1, -0.05) is 18.3 Å². The quantitative estimate of drug-likeness (QED) is 0.886. The molecule has 24 heavy (non-hydrogen) atoms. The zero-order chi connectivity index (χ0) is 16.9. The zero-order valence-corrected chi connectivity index (χ0v) is 14.6. The highest BCUT2D eigenvalue weighted by Gasteiger charge is 2.20. The molecule has 0 unspecified atom stereocenters. The monoisotopic (exact) mass is 347 g/mol. The molecule has 1 atom stereocenters. The van der Waals surface area contributed by atoms with E-state index in [0.717, 1.165) is 24.0 Å². The number of nitrogens with one attached hydrogen (secondary N) is 2. The van der Waals surface area contributed by atoms with Crippen LogP contribution in [0.1, 0.15) is 19.8 Å². The zero-order valence-electron chi connectivity index (χ0n) is 13.8. The number of nitrogens with zero attached hydrogens (tertiary/aromatic N) is 3. The third kappa shape index (κ3) is 4.14. The van der Waals surface area contributed by atoms with E-state index in [0.29, 0.717) is 16.7 Å². The molecule has 2 heterocycles. The van der Waals surface area contributed by atoms with Gasteiger partial charge in [-0.15, -0.1) is 10.2 Å². The number of urea groups is 1. The van der Waals surface area contributed by atoms with Gasteiger partial charge in [0.05, 0.1) is 7.11 Å². The summed E-state index contributed by atoms with van der Waals surface area (Å²) in [5, 5.41) is 15.1. The fourth-order valence-electron chi connectivity index (χ4n) is 2.69. The van der Waals surface area contributed by atoms with Crippen LogP contribution in [0.4, 0.5) is 20.7 Å². The number of rotatable bonds is 4. The number of piperidine rings is 1. The molecule has 7 nitrogen and oxygen atoms in total. The van der Waals surface area contributed by atoms with Gasteiger partial charge in [0.15, 0.2) is 0 Å².